The summed E-state index contributed by atoms with van der Waals surface area (Å²) in [7, 11) is 3.25. The summed E-state index contributed by atoms with van der Waals surface area (Å²) >= 11 is 1.43. The second-order valence-corrected chi connectivity index (χ2v) is 8.36. The Hall–Kier alpha value is -2.65. The fourth-order valence-electron chi connectivity index (χ4n) is 3.49. The van der Waals surface area contributed by atoms with Crippen LogP contribution in [0.4, 0.5) is 5.13 Å². The maximum atomic E-state index is 13.7. The Kier molecular flexibility index (Phi) is 7.50. The van der Waals surface area contributed by atoms with E-state index in [0.29, 0.717) is 34.4 Å². The average Bonchev–Trinajstić information content (AvgIpc) is 3.43. The molecule has 2 aromatic heterocycles. The molecule has 3 rings (SSSR count). The first kappa shape index (κ1) is 23.0. The molecule has 0 saturated carbocycles. The number of methoxy groups -OCH3 is 2. The van der Waals surface area contributed by atoms with Crippen molar-refractivity contribution in [3.05, 3.63) is 30.1 Å². The molecule has 0 spiro atoms. The van der Waals surface area contributed by atoms with Gasteiger partial charge in [-0.15, -0.1) is 0 Å². The summed E-state index contributed by atoms with van der Waals surface area (Å²) in [4.78, 5) is 22.5. The summed E-state index contributed by atoms with van der Waals surface area (Å²) in [5, 5.41) is 4.96. The number of rotatable bonds is 10. The normalized spacial score (nSPS) is 11.5. The van der Waals surface area contributed by atoms with Crippen molar-refractivity contribution >= 4 is 32.6 Å². The molecule has 0 aliphatic heterocycles. The van der Waals surface area contributed by atoms with Gasteiger partial charge in [0.25, 0.3) is 5.91 Å². The number of anilines is 1. The lowest BCUT2D eigenvalue weighted by Gasteiger charge is -2.25. The zero-order valence-electron chi connectivity index (χ0n) is 19.1. The fourth-order valence-corrected chi connectivity index (χ4v) is 4.59. The maximum Gasteiger partial charge on any atom is 0.278 e. The van der Waals surface area contributed by atoms with E-state index in [1.54, 1.807) is 36.1 Å². The number of fused-ring (bicyclic) bond motifs is 1. The zero-order chi connectivity index (χ0) is 22.5. The molecule has 1 aromatic carbocycles. The van der Waals surface area contributed by atoms with Crippen LogP contribution < -0.4 is 14.4 Å². The molecular weight excluding hydrogens is 414 g/mol. The zero-order valence-corrected chi connectivity index (χ0v) is 19.9. The van der Waals surface area contributed by atoms with Gasteiger partial charge in [-0.2, -0.15) is 5.10 Å². The molecule has 0 unspecified atom stereocenters. The van der Waals surface area contributed by atoms with Crippen LogP contribution in [-0.4, -0.2) is 66.0 Å². The summed E-state index contributed by atoms with van der Waals surface area (Å²) in [6.45, 7) is 11.4. The molecular formula is C22H31N5O3S. The van der Waals surface area contributed by atoms with Crippen LogP contribution in [0.25, 0.3) is 10.2 Å². The summed E-state index contributed by atoms with van der Waals surface area (Å²) in [5.74, 6) is 1.25. The van der Waals surface area contributed by atoms with Gasteiger partial charge in [0.2, 0.25) is 0 Å². The van der Waals surface area contributed by atoms with E-state index in [0.717, 1.165) is 24.3 Å². The van der Waals surface area contributed by atoms with Gasteiger partial charge in [0.15, 0.2) is 5.13 Å². The molecule has 0 N–H and O–H groups in total. The Labute approximate surface area is 187 Å². The fraction of sp³-hybridized carbons (Fsp3) is 0.500. The highest BCUT2D eigenvalue weighted by atomic mass is 32.1. The molecule has 9 heteroatoms. The van der Waals surface area contributed by atoms with E-state index < -0.39 is 0 Å². The third-order valence-electron chi connectivity index (χ3n) is 5.29. The minimum atomic E-state index is -0.115. The van der Waals surface area contributed by atoms with E-state index in [4.69, 9.17) is 14.5 Å². The van der Waals surface area contributed by atoms with Gasteiger partial charge in [0, 0.05) is 25.3 Å². The Morgan fingerprint density at radius 3 is 2.39 bits per heavy atom. The van der Waals surface area contributed by atoms with E-state index in [1.807, 2.05) is 26.0 Å². The van der Waals surface area contributed by atoms with Gasteiger partial charge >= 0.3 is 0 Å². The van der Waals surface area contributed by atoms with Crippen LogP contribution in [0.5, 0.6) is 11.5 Å². The molecule has 0 aliphatic rings. The van der Waals surface area contributed by atoms with Crippen molar-refractivity contribution in [2.24, 2.45) is 0 Å². The van der Waals surface area contributed by atoms with Gasteiger partial charge < -0.3 is 14.4 Å². The van der Waals surface area contributed by atoms with Gasteiger partial charge in [0.1, 0.15) is 27.4 Å². The van der Waals surface area contributed by atoms with E-state index in [9.17, 15) is 4.79 Å². The van der Waals surface area contributed by atoms with Gasteiger partial charge in [-0.05, 0) is 45.1 Å². The van der Waals surface area contributed by atoms with Crippen LogP contribution in [0.1, 0.15) is 44.2 Å². The van der Waals surface area contributed by atoms with Crippen molar-refractivity contribution in [1.29, 1.82) is 0 Å². The van der Waals surface area contributed by atoms with E-state index in [1.165, 1.54) is 11.3 Å². The molecule has 2 heterocycles. The summed E-state index contributed by atoms with van der Waals surface area (Å²) in [6.07, 6.45) is 1.67. The van der Waals surface area contributed by atoms with Crippen LogP contribution in [-0.2, 0) is 0 Å². The van der Waals surface area contributed by atoms with Gasteiger partial charge in [-0.1, -0.05) is 25.2 Å². The topological polar surface area (TPSA) is 72.7 Å². The molecule has 1 amide bonds. The number of likely N-dealkylation sites (N-methyl/N-ethyl adjacent to an activating group) is 1. The van der Waals surface area contributed by atoms with Gasteiger partial charge in [0.05, 0.1) is 14.2 Å². The van der Waals surface area contributed by atoms with Crippen molar-refractivity contribution in [3.8, 4) is 11.5 Å². The highest BCUT2D eigenvalue weighted by Gasteiger charge is 2.26. The summed E-state index contributed by atoms with van der Waals surface area (Å²) in [5.41, 5.74) is 1.24. The smallest absolute Gasteiger partial charge is 0.278 e. The number of amides is 1. The molecule has 0 bridgehead atoms. The minimum absolute atomic E-state index is 0.0779. The van der Waals surface area contributed by atoms with Crippen molar-refractivity contribution in [1.82, 2.24) is 19.7 Å². The first-order valence-electron chi connectivity index (χ1n) is 10.5. The van der Waals surface area contributed by atoms with Crippen molar-refractivity contribution in [2.45, 2.75) is 33.7 Å². The molecule has 0 fully saturated rings. The Bertz CT molecular complexity index is 985. The van der Waals surface area contributed by atoms with Crippen molar-refractivity contribution < 1.29 is 14.3 Å². The summed E-state index contributed by atoms with van der Waals surface area (Å²) in [6, 6.07) is 5.54. The van der Waals surface area contributed by atoms with Crippen LogP contribution in [0.2, 0.25) is 0 Å². The predicted molar refractivity (Wildman–Crippen MR) is 125 cm³/mol. The summed E-state index contributed by atoms with van der Waals surface area (Å²) < 4.78 is 13.6. The number of carbonyl (C=O) groups excluding carboxylic acids is 1. The van der Waals surface area contributed by atoms with Crippen LogP contribution in [0, 0.1) is 0 Å². The average molecular weight is 446 g/mol. The molecule has 8 nitrogen and oxygen atoms in total. The van der Waals surface area contributed by atoms with Crippen LogP contribution in [0.15, 0.2) is 24.4 Å². The van der Waals surface area contributed by atoms with Gasteiger partial charge in [-0.3, -0.25) is 14.4 Å². The Morgan fingerprint density at radius 2 is 1.77 bits per heavy atom. The Balaban J connectivity index is 2.07. The number of carbonyl (C=O) groups is 1. The van der Waals surface area contributed by atoms with Crippen LogP contribution >= 0.6 is 11.3 Å². The molecule has 3 aromatic rings. The highest BCUT2D eigenvalue weighted by Crippen LogP contribution is 2.40. The number of nitrogens with zero attached hydrogens (tertiary/aromatic N) is 5. The van der Waals surface area contributed by atoms with E-state index >= 15 is 0 Å². The molecule has 168 valence electrons. The minimum Gasteiger partial charge on any atom is -0.495 e. The van der Waals surface area contributed by atoms with E-state index in [-0.39, 0.29) is 11.9 Å². The Morgan fingerprint density at radius 1 is 1.10 bits per heavy atom. The molecule has 0 atom stereocenters. The third-order valence-corrected chi connectivity index (χ3v) is 6.38. The number of ether oxygens (including phenoxy) is 2. The molecule has 0 saturated heterocycles. The first-order chi connectivity index (χ1) is 14.9. The highest BCUT2D eigenvalue weighted by molar-refractivity contribution is 7.22. The molecule has 31 heavy (non-hydrogen) atoms. The number of hydrogen-bond donors (Lipinski definition) is 0. The molecule has 0 aliphatic carbocycles. The second-order valence-electron chi connectivity index (χ2n) is 7.38. The molecule has 0 radical (unpaired) electrons. The lowest BCUT2D eigenvalue weighted by atomic mass is 10.3. The SMILES string of the molecule is CCN(CC)CCN(C(=O)c1ccnn1C(C)C)c1nc2c(OC)ccc(OC)c2s1. The lowest BCUT2D eigenvalue weighted by Crippen LogP contribution is -2.39. The van der Waals surface area contributed by atoms with Crippen molar-refractivity contribution in [3.63, 3.8) is 0 Å². The lowest BCUT2D eigenvalue weighted by molar-refractivity contribution is 0.0971. The monoisotopic (exact) mass is 445 g/mol. The van der Waals surface area contributed by atoms with Crippen molar-refractivity contribution in [2.75, 3.05) is 45.3 Å². The maximum absolute atomic E-state index is 13.7. The van der Waals surface area contributed by atoms with Crippen LogP contribution in [0.3, 0.4) is 0 Å². The predicted octanol–water partition coefficient (Wildman–Crippen LogP) is 4.08. The largest absolute Gasteiger partial charge is 0.495 e. The number of thiazole rings is 1. The number of aromatic nitrogens is 3. The standard InChI is InChI=1S/C22H31N5O3S/c1-7-25(8-2)13-14-26(21(28)16-11-12-23-27(16)15(3)4)22-24-19-17(29-5)9-10-18(30-6)20(19)31-22/h9-12,15H,7-8,13-14H2,1-6H3. The quantitative estimate of drug-likeness (QED) is 0.468. The number of benzene rings is 1. The van der Waals surface area contributed by atoms with Gasteiger partial charge in [-0.25, -0.2) is 4.98 Å². The second kappa shape index (κ2) is 10.1. The van der Waals surface area contributed by atoms with E-state index in [2.05, 4.69) is 23.8 Å². The number of hydrogen-bond acceptors (Lipinski definition) is 7. The third kappa shape index (κ3) is 4.67. The first-order valence-corrected chi connectivity index (χ1v) is 11.4.